The van der Waals surface area contributed by atoms with Crippen LogP contribution in [0.2, 0.25) is 0 Å². The highest BCUT2D eigenvalue weighted by Gasteiger charge is 2.41. The molecule has 0 saturated carbocycles. The van der Waals surface area contributed by atoms with E-state index in [4.69, 9.17) is 11.2 Å². The molecule has 0 aromatic heterocycles. The molecule has 7 nitrogen and oxygen atoms in total. The molecule has 66 heavy (non-hydrogen) atoms. The van der Waals surface area contributed by atoms with Crippen LogP contribution < -0.4 is 4.74 Å². The van der Waals surface area contributed by atoms with Crippen molar-refractivity contribution >= 4 is 34.4 Å². The van der Waals surface area contributed by atoms with Crippen molar-refractivity contribution in [2.45, 2.75) is 103 Å². The molecule has 0 unspecified atom stereocenters. The second kappa shape index (κ2) is 17.2. The molecule has 2 aliphatic rings. The molecule has 0 radical (unpaired) electrons. The third-order valence-corrected chi connectivity index (χ3v) is 13.4. The van der Waals surface area contributed by atoms with Gasteiger partial charge in [0.2, 0.25) is 0 Å². The second-order valence-corrected chi connectivity index (χ2v) is 20.9. The highest BCUT2D eigenvalue weighted by Crippen LogP contribution is 2.47. The van der Waals surface area contributed by atoms with E-state index in [0.717, 1.165) is 29.1 Å². The highest BCUT2D eigenvalue weighted by molar-refractivity contribution is 6.33. The lowest BCUT2D eigenvalue weighted by Crippen LogP contribution is -2.43. The molecule has 0 bridgehead atoms. The van der Waals surface area contributed by atoms with Gasteiger partial charge < -0.3 is 4.74 Å². The topological polar surface area (TPSA) is 84.0 Å². The summed E-state index contributed by atoms with van der Waals surface area (Å²) in [5, 5.41) is 0.690. The minimum atomic E-state index is -0.630. The number of hydrogen-bond donors (Lipinski definition) is 0. The fraction of sp³-hybridized carbons (Fsp3) is 0.322. The van der Waals surface area contributed by atoms with Crippen LogP contribution in [0.4, 0.5) is 0 Å². The third kappa shape index (κ3) is 8.12. The van der Waals surface area contributed by atoms with E-state index in [1.807, 2.05) is 0 Å². The van der Waals surface area contributed by atoms with Gasteiger partial charge in [-0.2, -0.15) is 0 Å². The first-order valence-corrected chi connectivity index (χ1v) is 23.1. The minimum Gasteiger partial charge on any atom is -0.494 e. The molecular weight excluding hydrogens is 817 g/mol. The van der Waals surface area contributed by atoms with Gasteiger partial charge in [-0.25, -0.2) is 0 Å². The van der Waals surface area contributed by atoms with Crippen LogP contribution in [0.25, 0.3) is 10.8 Å². The molecule has 8 rings (SSSR count). The Labute approximate surface area is 390 Å². The maximum Gasteiger partial charge on any atom is 0.262 e. The number of terminal acetylenes is 1. The van der Waals surface area contributed by atoms with Crippen molar-refractivity contribution in [2.24, 2.45) is 0 Å². The predicted octanol–water partition coefficient (Wildman–Crippen LogP) is 12.2. The summed E-state index contributed by atoms with van der Waals surface area (Å²) in [6, 6.07) is 42.2. The van der Waals surface area contributed by atoms with E-state index in [0.29, 0.717) is 34.9 Å². The number of nitrogens with zero attached hydrogens (tertiary/aromatic N) is 2. The van der Waals surface area contributed by atoms with Crippen LogP contribution in [-0.4, -0.2) is 53.1 Å². The van der Waals surface area contributed by atoms with Gasteiger partial charge in [0, 0.05) is 39.6 Å². The number of rotatable bonds is 12. The van der Waals surface area contributed by atoms with Crippen LogP contribution in [0.3, 0.4) is 0 Å². The lowest BCUT2D eigenvalue weighted by molar-refractivity contribution is 0.0595. The number of carbonyl (C=O) groups excluding carboxylic acids is 4. The van der Waals surface area contributed by atoms with E-state index in [2.05, 4.69) is 165 Å². The number of hydrogen-bond acceptors (Lipinski definition) is 5. The van der Waals surface area contributed by atoms with Crippen molar-refractivity contribution in [2.75, 3.05) is 19.7 Å². The van der Waals surface area contributed by atoms with Gasteiger partial charge in [0.15, 0.2) is 0 Å². The highest BCUT2D eigenvalue weighted by atomic mass is 16.5. The first-order chi connectivity index (χ1) is 31.3. The Hall–Kier alpha value is -6.78. The summed E-state index contributed by atoms with van der Waals surface area (Å²) in [4.78, 5) is 56.3. The maximum atomic E-state index is 13.8. The smallest absolute Gasteiger partial charge is 0.262 e. The fourth-order valence-electron chi connectivity index (χ4n) is 9.61. The van der Waals surface area contributed by atoms with Crippen molar-refractivity contribution in [3.8, 4) is 18.1 Å². The van der Waals surface area contributed by atoms with Crippen LogP contribution in [0, 0.1) is 12.3 Å². The second-order valence-electron chi connectivity index (χ2n) is 20.9. The number of imide groups is 2. The molecule has 0 fully saturated rings. The molecular formula is C59H60N2O5. The number of amides is 4. The summed E-state index contributed by atoms with van der Waals surface area (Å²) >= 11 is 0. The van der Waals surface area contributed by atoms with Crippen LogP contribution in [0.1, 0.15) is 162 Å². The summed E-state index contributed by atoms with van der Waals surface area (Å²) in [7, 11) is 0. The van der Waals surface area contributed by atoms with E-state index in [1.165, 1.54) is 38.3 Å². The van der Waals surface area contributed by atoms with Gasteiger partial charge in [-0.3, -0.25) is 29.0 Å². The molecule has 0 spiro atoms. The van der Waals surface area contributed by atoms with Gasteiger partial charge in [-0.1, -0.05) is 153 Å². The zero-order valence-electron chi connectivity index (χ0n) is 39.8. The molecule has 336 valence electrons. The first-order valence-electron chi connectivity index (χ1n) is 23.1. The minimum absolute atomic E-state index is 0.00689. The fourth-order valence-corrected chi connectivity index (χ4v) is 9.61. The summed E-state index contributed by atoms with van der Waals surface area (Å²) in [6.45, 7) is 20.8. The molecule has 0 N–H and O–H groups in total. The first kappa shape index (κ1) is 45.8. The van der Waals surface area contributed by atoms with Crippen LogP contribution in [-0.2, 0) is 21.7 Å². The zero-order chi connectivity index (χ0) is 47.3. The molecule has 6 aromatic carbocycles. The van der Waals surface area contributed by atoms with Crippen molar-refractivity contribution in [3.05, 3.63) is 183 Å². The summed E-state index contributed by atoms with van der Waals surface area (Å²) in [5.74, 6) is 1.19. The number of carbonyl (C=O) groups is 4. The summed E-state index contributed by atoms with van der Waals surface area (Å²) < 4.78 is 6.33. The molecule has 4 amide bonds. The lowest BCUT2D eigenvalue weighted by atomic mass is 9.64. The van der Waals surface area contributed by atoms with Gasteiger partial charge >= 0.3 is 0 Å². The maximum absolute atomic E-state index is 13.8. The van der Waals surface area contributed by atoms with Crippen LogP contribution in [0.15, 0.2) is 121 Å². The SMILES string of the molecule is C#CCN1C(=O)c2ccc3c4c(ccc(c24)C1=O)C(=O)N(CCCCCOc1ccc(C(c2ccc(C(C)(C)C)cc2)(c2ccc(C(C)(C)C)cc2)c2ccc(C(C)(C)C)cc2)cc1)C3=O. The molecule has 2 heterocycles. The van der Waals surface area contributed by atoms with Crippen molar-refractivity contribution in [1.82, 2.24) is 9.80 Å². The molecule has 0 atom stereocenters. The van der Waals surface area contributed by atoms with Gasteiger partial charge in [0.1, 0.15) is 5.75 Å². The number of ether oxygens (including phenoxy) is 1. The van der Waals surface area contributed by atoms with Crippen molar-refractivity contribution in [1.29, 1.82) is 0 Å². The molecule has 0 saturated heterocycles. The van der Waals surface area contributed by atoms with E-state index < -0.39 is 29.0 Å². The Bertz CT molecular complexity index is 2690. The van der Waals surface area contributed by atoms with Crippen LogP contribution >= 0.6 is 0 Å². The number of unbranched alkanes of at least 4 members (excludes halogenated alkanes) is 2. The van der Waals surface area contributed by atoms with Gasteiger partial charge in [-0.05, 0) is 111 Å². The standard InChI is InChI=1S/C59H60N2O5/c1-11-35-60-52(62)46-31-33-48-51-49(34-32-47(50(46)51)53(60)63)55(65)61(54(48)64)36-13-12-14-37-66-45-29-27-44(28-30-45)59(41-21-15-38(16-22-41)56(2,3)4,42-23-17-39(18-24-42)57(5,6)7)43-25-19-40(20-26-43)58(8,9)10/h1,15-34H,12-14,35-37H2,2-10H3. The number of benzene rings is 6. The van der Waals surface area contributed by atoms with Crippen molar-refractivity contribution in [3.63, 3.8) is 0 Å². The Balaban J connectivity index is 1.00. The average Bonchev–Trinajstić information content (AvgIpc) is 3.28. The monoisotopic (exact) mass is 876 g/mol. The van der Waals surface area contributed by atoms with Gasteiger partial charge in [0.05, 0.1) is 18.6 Å². The lowest BCUT2D eigenvalue weighted by Gasteiger charge is -2.38. The summed E-state index contributed by atoms with van der Waals surface area (Å²) in [6.07, 6.45) is 7.47. The third-order valence-electron chi connectivity index (χ3n) is 13.4. The van der Waals surface area contributed by atoms with Crippen molar-refractivity contribution < 1.29 is 23.9 Å². The predicted molar refractivity (Wildman–Crippen MR) is 264 cm³/mol. The Kier molecular flexibility index (Phi) is 11.9. The van der Waals surface area contributed by atoms with Crippen LogP contribution in [0.5, 0.6) is 5.75 Å². The normalized spacial score (nSPS) is 14.2. The molecule has 7 heteroatoms. The zero-order valence-corrected chi connectivity index (χ0v) is 39.8. The average molecular weight is 877 g/mol. The van der Waals surface area contributed by atoms with Gasteiger partial charge in [-0.15, -0.1) is 6.42 Å². The Morgan fingerprint density at radius 1 is 0.424 bits per heavy atom. The molecule has 2 aliphatic heterocycles. The quantitative estimate of drug-likeness (QED) is 0.0529. The van der Waals surface area contributed by atoms with E-state index >= 15 is 0 Å². The summed E-state index contributed by atoms with van der Waals surface area (Å²) in [5.41, 5.74) is 9.03. The van der Waals surface area contributed by atoms with E-state index in [9.17, 15) is 19.2 Å². The Morgan fingerprint density at radius 2 is 0.742 bits per heavy atom. The van der Waals surface area contributed by atoms with E-state index in [1.54, 1.807) is 24.3 Å². The molecule has 6 aromatic rings. The van der Waals surface area contributed by atoms with Gasteiger partial charge in [0.25, 0.3) is 23.6 Å². The van der Waals surface area contributed by atoms with E-state index in [-0.39, 0.29) is 40.5 Å². The Morgan fingerprint density at radius 3 is 1.08 bits per heavy atom. The largest absolute Gasteiger partial charge is 0.494 e. The molecule has 0 aliphatic carbocycles.